The van der Waals surface area contributed by atoms with Gasteiger partial charge in [-0.05, 0) is 39.5 Å². The fourth-order valence-corrected chi connectivity index (χ4v) is 3.68. The molecule has 2 N–H and O–H groups in total. The zero-order valence-electron chi connectivity index (χ0n) is 17.0. The van der Waals surface area contributed by atoms with Gasteiger partial charge < -0.3 is 20.3 Å². The predicted molar refractivity (Wildman–Crippen MR) is 105 cm³/mol. The number of morpholine rings is 1. The Balaban J connectivity index is 1.91. The smallest absolute Gasteiger partial charge is 0.220 e. The van der Waals surface area contributed by atoms with Crippen molar-refractivity contribution in [2.45, 2.75) is 45.6 Å². The first kappa shape index (κ1) is 21.0. The van der Waals surface area contributed by atoms with Gasteiger partial charge in [0.1, 0.15) is 0 Å². The summed E-state index contributed by atoms with van der Waals surface area (Å²) >= 11 is 0. The minimum Gasteiger partial charge on any atom is -0.379 e. The summed E-state index contributed by atoms with van der Waals surface area (Å²) in [5.41, 5.74) is 0.0298. The quantitative estimate of drug-likeness (QED) is 0.539. The largest absolute Gasteiger partial charge is 0.379 e. The van der Waals surface area contributed by atoms with Crippen LogP contribution in [0.3, 0.4) is 0 Å². The average Bonchev–Trinajstić information content (AvgIpc) is 2.66. The maximum atomic E-state index is 11.6. The Bertz CT molecular complexity index is 467. The summed E-state index contributed by atoms with van der Waals surface area (Å²) in [4.78, 5) is 21.4. The number of carbonyl (C=O) groups is 1. The molecule has 2 aliphatic heterocycles. The summed E-state index contributed by atoms with van der Waals surface area (Å²) in [7, 11) is 1.71. The third-order valence-electron chi connectivity index (χ3n) is 5.48. The first-order chi connectivity index (χ1) is 12.5. The Labute approximate surface area is 158 Å². The highest BCUT2D eigenvalue weighted by Gasteiger charge is 2.29. The van der Waals surface area contributed by atoms with E-state index in [9.17, 15) is 4.79 Å². The minimum atomic E-state index is 0.0298. The first-order valence-corrected chi connectivity index (χ1v) is 10.0. The number of hydrogen-bond donors (Lipinski definition) is 2. The third-order valence-corrected chi connectivity index (χ3v) is 5.48. The molecule has 150 valence electrons. The van der Waals surface area contributed by atoms with E-state index in [2.05, 4.69) is 41.2 Å². The molecule has 0 aliphatic carbocycles. The maximum Gasteiger partial charge on any atom is 0.220 e. The van der Waals surface area contributed by atoms with Crippen LogP contribution in [0.15, 0.2) is 4.99 Å². The van der Waals surface area contributed by atoms with E-state index in [0.29, 0.717) is 12.3 Å². The second-order valence-electron chi connectivity index (χ2n) is 7.89. The number of aliphatic imine (C=N–C) groups is 1. The second kappa shape index (κ2) is 10.1. The summed E-state index contributed by atoms with van der Waals surface area (Å²) in [5.74, 6) is 1.64. The van der Waals surface area contributed by atoms with Gasteiger partial charge in [-0.15, -0.1) is 0 Å². The van der Waals surface area contributed by atoms with Gasteiger partial charge in [0.2, 0.25) is 5.91 Å². The van der Waals surface area contributed by atoms with Gasteiger partial charge in [0.25, 0.3) is 0 Å². The zero-order valence-corrected chi connectivity index (χ0v) is 17.0. The van der Waals surface area contributed by atoms with Crippen molar-refractivity contribution >= 4 is 11.9 Å². The van der Waals surface area contributed by atoms with E-state index in [1.165, 1.54) is 0 Å². The number of hydrogen-bond acceptors (Lipinski definition) is 4. The number of guanidine groups is 1. The summed E-state index contributed by atoms with van der Waals surface area (Å²) < 4.78 is 5.47. The highest BCUT2D eigenvalue weighted by atomic mass is 16.5. The van der Waals surface area contributed by atoms with E-state index in [1.54, 1.807) is 7.05 Å². The SMILES string of the molecule is CCNC(=NCC(C)(C)N1CCOCC1)N1CCC(CC(=O)NC)CC1. The van der Waals surface area contributed by atoms with Gasteiger partial charge in [-0.1, -0.05) is 0 Å². The normalized spacial score (nSPS) is 20.9. The van der Waals surface area contributed by atoms with Gasteiger partial charge in [-0.2, -0.15) is 0 Å². The molecule has 0 spiro atoms. The van der Waals surface area contributed by atoms with Crippen LogP contribution in [0.4, 0.5) is 0 Å². The van der Waals surface area contributed by atoms with Crippen LogP contribution in [0.25, 0.3) is 0 Å². The molecule has 2 heterocycles. The van der Waals surface area contributed by atoms with E-state index < -0.39 is 0 Å². The summed E-state index contributed by atoms with van der Waals surface area (Å²) in [6, 6.07) is 0. The summed E-state index contributed by atoms with van der Waals surface area (Å²) in [6.45, 7) is 13.8. The van der Waals surface area contributed by atoms with Crippen LogP contribution < -0.4 is 10.6 Å². The highest BCUT2D eigenvalue weighted by Crippen LogP contribution is 2.21. The molecular formula is C19H37N5O2. The topological polar surface area (TPSA) is 69.2 Å². The van der Waals surface area contributed by atoms with Gasteiger partial charge in [0.05, 0.1) is 19.8 Å². The Morgan fingerprint density at radius 2 is 1.85 bits per heavy atom. The molecule has 7 heteroatoms. The Morgan fingerprint density at radius 1 is 1.19 bits per heavy atom. The van der Waals surface area contributed by atoms with Crippen LogP contribution in [0.2, 0.25) is 0 Å². The van der Waals surface area contributed by atoms with Gasteiger partial charge in [-0.3, -0.25) is 14.7 Å². The minimum absolute atomic E-state index is 0.0298. The zero-order chi connectivity index (χ0) is 19.0. The van der Waals surface area contributed by atoms with Crippen LogP contribution in [0, 0.1) is 5.92 Å². The fourth-order valence-electron chi connectivity index (χ4n) is 3.68. The van der Waals surface area contributed by atoms with Crippen molar-refractivity contribution < 1.29 is 9.53 Å². The van der Waals surface area contributed by atoms with Crippen molar-refractivity contribution in [2.24, 2.45) is 10.9 Å². The molecule has 2 aliphatic rings. The van der Waals surface area contributed by atoms with Crippen molar-refractivity contribution in [1.82, 2.24) is 20.4 Å². The monoisotopic (exact) mass is 367 g/mol. The van der Waals surface area contributed by atoms with E-state index in [4.69, 9.17) is 9.73 Å². The van der Waals surface area contributed by atoms with Crippen molar-refractivity contribution in [3.8, 4) is 0 Å². The van der Waals surface area contributed by atoms with E-state index in [0.717, 1.165) is 71.3 Å². The van der Waals surface area contributed by atoms with E-state index in [1.807, 2.05) is 0 Å². The van der Waals surface area contributed by atoms with Crippen molar-refractivity contribution in [1.29, 1.82) is 0 Å². The third kappa shape index (κ3) is 6.13. The molecule has 1 amide bonds. The van der Waals surface area contributed by atoms with Gasteiger partial charge >= 0.3 is 0 Å². The number of carbonyl (C=O) groups excluding carboxylic acids is 1. The van der Waals surface area contributed by atoms with E-state index >= 15 is 0 Å². The number of amides is 1. The lowest BCUT2D eigenvalue weighted by atomic mass is 9.93. The molecule has 26 heavy (non-hydrogen) atoms. The molecule has 0 atom stereocenters. The lowest BCUT2D eigenvalue weighted by Gasteiger charge is -2.40. The standard InChI is InChI=1S/C19H37N5O2/c1-5-21-18(22-15-19(2,3)24-10-12-26-13-11-24)23-8-6-16(7-9-23)14-17(25)20-4/h16H,5-15H2,1-4H3,(H,20,25)(H,21,22). The molecule has 0 aromatic heterocycles. The van der Waals surface area contributed by atoms with E-state index in [-0.39, 0.29) is 11.4 Å². The maximum absolute atomic E-state index is 11.6. The fraction of sp³-hybridized carbons (Fsp3) is 0.895. The molecule has 0 aromatic carbocycles. The number of rotatable bonds is 6. The molecule has 0 bridgehead atoms. The van der Waals surface area contributed by atoms with Crippen molar-refractivity contribution in [3.05, 3.63) is 0 Å². The van der Waals surface area contributed by atoms with Crippen LogP contribution >= 0.6 is 0 Å². The number of piperidine rings is 1. The molecule has 7 nitrogen and oxygen atoms in total. The Hall–Kier alpha value is -1.34. The number of nitrogens with zero attached hydrogens (tertiary/aromatic N) is 3. The molecule has 2 fully saturated rings. The van der Waals surface area contributed by atoms with Gasteiger partial charge in [0.15, 0.2) is 5.96 Å². The lowest BCUT2D eigenvalue weighted by molar-refractivity contribution is -0.121. The molecule has 0 aromatic rings. The molecule has 2 saturated heterocycles. The predicted octanol–water partition coefficient (Wildman–Crippen LogP) is 0.911. The van der Waals surface area contributed by atoms with Crippen LogP contribution in [0.5, 0.6) is 0 Å². The van der Waals surface area contributed by atoms with Crippen LogP contribution in [0.1, 0.15) is 40.0 Å². The average molecular weight is 368 g/mol. The van der Waals surface area contributed by atoms with Gasteiger partial charge in [0, 0.05) is 51.7 Å². The van der Waals surface area contributed by atoms with Crippen LogP contribution in [-0.4, -0.2) is 86.7 Å². The molecule has 0 saturated carbocycles. The summed E-state index contributed by atoms with van der Waals surface area (Å²) in [6.07, 6.45) is 2.73. The van der Waals surface area contributed by atoms with Gasteiger partial charge in [-0.25, -0.2) is 0 Å². The lowest BCUT2D eigenvalue weighted by Crippen LogP contribution is -2.52. The number of nitrogens with one attached hydrogen (secondary N) is 2. The molecule has 0 unspecified atom stereocenters. The summed E-state index contributed by atoms with van der Waals surface area (Å²) in [5, 5.41) is 6.18. The van der Waals surface area contributed by atoms with Crippen molar-refractivity contribution in [2.75, 3.05) is 59.5 Å². The molecule has 2 rings (SSSR count). The number of ether oxygens (including phenoxy) is 1. The molecule has 0 radical (unpaired) electrons. The Kier molecular flexibility index (Phi) is 8.15. The Morgan fingerprint density at radius 3 is 2.42 bits per heavy atom. The van der Waals surface area contributed by atoms with Crippen LogP contribution in [-0.2, 0) is 9.53 Å². The number of likely N-dealkylation sites (tertiary alicyclic amines) is 1. The second-order valence-corrected chi connectivity index (χ2v) is 7.89. The molecular weight excluding hydrogens is 330 g/mol. The highest BCUT2D eigenvalue weighted by molar-refractivity contribution is 5.80. The van der Waals surface area contributed by atoms with Crippen molar-refractivity contribution in [3.63, 3.8) is 0 Å². The first-order valence-electron chi connectivity index (χ1n) is 10.0.